The molecule has 0 unspecified atom stereocenters. The predicted molar refractivity (Wildman–Crippen MR) is 178 cm³/mol. The Balaban J connectivity index is 1.11. The summed E-state index contributed by atoms with van der Waals surface area (Å²) in [5.41, 5.74) is 1.55. The van der Waals surface area contributed by atoms with Crippen LogP contribution in [0.2, 0.25) is 0 Å². The monoisotopic (exact) mass is 679 g/mol. The highest BCUT2D eigenvalue weighted by Crippen LogP contribution is 2.56. The minimum atomic E-state index is -2.90. The molecular formula is C38H47F2N3O6. The second-order valence-corrected chi connectivity index (χ2v) is 16.2. The summed E-state index contributed by atoms with van der Waals surface area (Å²) in [6.45, 7) is 6.68. The van der Waals surface area contributed by atoms with Crippen LogP contribution in [0.4, 0.5) is 13.6 Å². The van der Waals surface area contributed by atoms with Crippen molar-refractivity contribution in [3.63, 3.8) is 0 Å². The molecule has 2 aromatic carbocycles. The number of rotatable bonds is 5. The summed E-state index contributed by atoms with van der Waals surface area (Å²) in [7, 11) is 1.74. The van der Waals surface area contributed by atoms with E-state index >= 15 is 0 Å². The van der Waals surface area contributed by atoms with Crippen molar-refractivity contribution in [1.29, 1.82) is 0 Å². The molecule has 0 radical (unpaired) electrons. The number of carbonyl (C=O) groups excluding carboxylic acids is 3. The number of hydrogen-bond donors (Lipinski definition) is 1. The summed E-state index contributed by atoms with van der Waals surface area (Å²) in [4.78, 5) is 45.8. The van der Waals surface area contributed by atoms with Crippen molar-refractivity contribution in [2.45, 2.75) is 107 Å². The van der Waals surface area contributed by atoms with Crippen LogP contribution in [-0.2, 0) is 27.9 Å². The van der Waals surface area contributed by atoms with Crippen LogP contribution in [0.3, 0.4) is 0 Å². The third-order valence-electron chi connectivity index (χ3n) is 11.6. The molecule has 11 heteroatoms. The van der Waals surface area contributed by atoms with E-state index in [9.17, 15) is 28.3 Å². The molecule has 0 bridgehead atoms. The molecule has 2 saturated carbocycles. The fourth-order valence-corrected chi connectivity index (χ4v) is 8.99. The van der Waals surface area contributed by atoms with Crippen LogP contribution in [0.25, 0.3) is 0 Å². The average Bonchev–Trinajstić information content (AvgIpc) is 3.03. The number of methoxy groups -OCH3 is 1. The van der Waals surface area contributed by atoms with Gasteiger partial charge in [-0.25, -0.2) is 13.6 Å². The topological polar surface area (TPSA) is 99.6 Å². The van der Waals surface area contributed by atoms with E-state index < -0.39 is 48.0 Å². The van der Waals surface area contributed by atoms with Gasteiger partial charge in [0.25, 0.3) is 11.8 Å². The van der Waals surface area contributed by atoms with Crippen molar-refractivity contribution in [3.8, 4) is 0 Å². The highest BCUT2D eigenvalue weighted by molar-refractivity contribution is 6.00. The van der Waals surface area contributed by atoms with Gasteiger partial charge in [-0.05, 0) is 93.2 Å². The van der Waals surface area contributed by atoms with E-state index in [1.165, 1.54) is 9.80 Å². The van der Waals surface area contributed by atoms with Gasteiger partial charge in [0.1, 0.15) is 5.60 Å². The van der Waals surface area contributed by atoms with Gasteiger partial charge < -0.3 is 24.4 Å². The number of alkyl halides is 2. The number of benzene rings is 2. The van der Waals surface area contributed by atoms with Crippen LogP contribution in [0.15, 0.2) is 42.5 Å². The molecule has 7 rings (SSSR count). The van der Waals surface area contributed by atoms with Crippen LogP contribution < -0.4 is 0 Å². The van der Waals surface area contributed by atoms with Gasteiger partial charge in [-0.3, -0.25) is 14.5 Å². The van der Waals surface area contributed by atoms with E-state index in [1.54, 1.807) is 46.1 Å². The van der Waals surface area contributed by atoms with E-state index in [4.69, 9.17) is 9.47 Å². The van der Waals surface area contributed by atoms with E-state index in [0.29, 0.717) is 36.7 Å². The lowest BCUT2D eigenvalue weighted by atomic mass is 9.59. The summed E-state index contributed by atoms with van der Waals surface area (Å²) >= 11 is 0. The molecule has 3 amide bonds. The highest BCUT2D eigenvalue weighted by atomic mass is 19.3. The average molecular weight is 680 g/mol. The Morgan fingerprint density at radius 3 is 2.35 bits per heavy atom. The van der Waals surface area contributed by atoms with Gasteiger partial charge in [-0.15, -0.1) is 0 Å². The van der Waals surface area contributed by atoms with Gasteiger partial charge in [0, 0.05) is 69.2 Å². The molecule has 3 heterocycles. The maximum absolute atomic E-state index is 14.7. The number of likely N-dealkylation sites (tertiary alicyclic amines) is 1. The summed E-state index contributed by atoms with van der Waals surface area (Å²) in [6.07, 6.45) is 1.88. The van der Waals surface area contributed by atoms with Crippen molar-refractivity contribution in [1.82, 2.24) is 14.7 Å². The van der Waals surface area contributed by atoms with Crippen LogP contribution in [0.5, 0.6) is 0 Å². The molecule has 49 heavy (non-hydrogen) atoms. The first kappa shape index (κ1) is 33.9. The first-order chi connectivity index (χ1) is 23.1. The number of fused-ring (bicyclic) bond motifs is 3. The molecule has 2 spiro atoms. The van der Waals surface area contributed by atoms with Crippen LogP contribution in [0.1, 0.15) is 96.7 Å². The third kappa shape index (κ3) is 6.33. The zero-order valence-electron chi connectivity index (χ0n) is 28.8. The number of halogens is 2. The van der Waals surface area contributed by atoms with Gasteiger partial charge in [0.05, 0.1) is 18.2 Å². The maximum atomic E-state index is 14.7. The Morgan fingerprint density at radius 2 is 1.71 bits per heavy atom. The zero-order valence-corrected chi connectivity index (χ0v) is 28.8. The number of hydrogen-bond acceptors (Lipinski definition) is 6. The number of aliphatic hydroxyl groups excluding tert-OH is 1. The molecule has 1 saturated heterocycles. The minimum absolute atomic E-state index is 0.00816. The molecule has 5 aliphatic rings. The van der Waals surface area contributed by atoms with Crippen LogP contribution in [-0.4, -0.2) is 101 Å². The maximum Gasteiger partial charge on any atom is 0.410 e. The second-order valence-electron chi connectivity index (χ2n) is 16.2. The number of β-amino-alcohol motifs (C(OH)–C–C–N with tert-alkyl or cyclic N) is 1. The predicted octanol–water partition coefficient (Wildman–Crippen LogP) is 5.56. The summed E-state index contributed by atoms with van der Waals surface area (Å²) in [6, 6.07) is 11.9. The molecule has 2 atom stereocenters. The molecule has 9 nitrogen and oxygen atoms in total. The molecule has 3 aliphatic heterocycles. The zero-order chi connectivity index (χ0) is 34.9. The molecular weight excluding hydrogens is 632 g/mol. The van der Waals surface area contributed by atoms with E-state index in [1.807, 2.05) is 29.2 Å². The quantitative estimate of drug-likeness (QED) is 0.444. The molecule has 3 fully saturated rings. The summed E-state index contributed by atoms with van der Waals surface area (Å²) in [5, 5.41) is 11.7. The molecule has 264 valence electrons. The van der Waals surface area contributed by atoms with Crippen LogP contribution >= 0.6 is 0 Å². The normalized spacial score (nSPS) is 24.5. The van der Waals surface area contributed by atoms with Gasteiger partial charge in [0.2, 0.25) is 5.92 Å². The first-order valence-corrected chi connectivity index (χ1v) is 17.5. The first-order valence-electron chi connectivity index (χ1n) is 17.5. The summed E-state index contributed by atoms with van der Waals surface area (Å²) in [5.74, 6) is -3.43. The molecule has 2 aliphatic carbocycles. The summed E-state index contributed by atoms with van der Waals surface area (Å²) < 4.78 is 40.5. The number of amides is 3. The van der Waals surface area contributed by atoms with Gasteiger partial charge in [-0.2, -0.15) is 0 Å². The van der Waals surface area contributed by atoms with Gasteiger partial charge in [0.15, 0.2) is 0 Å². The molecule has 2 aromatic rings. The largest absolute Gasteiger partial charge is 0.444 e. The number of nitrogens with zero attached hydrogens (tertiary/aromatic N) is 3. The Labute approximate surface area is 286 Å². The molecule has 0 aromatic heterocycles. The fraction of sp³-hybridized carbons (Fsp3) is 0.605. The second kappa shape index (κ2) is 12.0. The van der Waals surface area contributed by atoms with E-state index in [2.05, 4.69) is 0 Å². The Kier molecular flexibility index (Phi) is 8.33. The van der Waals surface area contributed by atoms with Crippen molar-refractivity contribution < 1.29 is 37.7 Å². The van der Waals surface area contributed by atoms with Crippen molar-refractivity contribution >= 4 is 17.9 Å². The van der Waals surface area contributed by atoms with Gasteiger partial charge in [-0.1, -0.05) is 24.3 Å². The number of piperidine rings is 1. The molecule has 1 N–H and O–H groups in total. The fourth-order valence-electron chi connectivity index (χ4n) is 8.99. The number of ether oxygens (including phenoxy) is 2. The Bertz CT molecular complexity index is 1630. The van der Waals surface area contributed by atoms with Gasteiger partial charge >= 0.3 is 6.09 Å². The van der Waals surface area contributed by atoms with E-state index in [-0.39, 0.29) is 42.4 Å². The lowest BCUT2D eigenvalue weighted by Crippen LogP contribution is -2.62. The lowest BCUT2D eigenvalue weighted by Gasteiger charge is -2.53. The van der Waals surface area contributed by atoms with Crippen molar-refractivity contribution in [3.05, 3.63) is 70.3 Å². The van der Waals surface area contributed by atoms with Crippen LogP contribution in [0, 0.1) is 5.41 Å². The Morgan fingerprint density at radius 1 is 1.04 bits per heavy atom. The lowest BCUT2D eigenvalue weighted by molar-refractivity contribution is -0.135. The smallest absolute Gasteiger partial charge is 0.410 e. The number of aliphatic hydroxyl groups is 1. The standard InChI is InChI=1S/C38H47F2N3O6/c1-35(2,3)49-34(47)43-19-26-8-6-5-7-24(26)16-30(43)31(44)20-42-23-37(21-38(39,40)22-37)29-15-25(9-10-28(29)33(42)46)32(45)41-13-11-36(12-14-41)17-27(18-36)48-4/h5-10,15,27,30-31,44H,11-14,16-23H2,1-4H3/t30-,31+/m0/s1. The van der Waals surface area contributed by atoms with Crippen molar-refractivity contribution in [2.24, 2.45) is 5.41 Å². The Hall–Kier alpha value is -3.57. The highest BCUT2D eigenvalue weighted by Gasteiger charge is 2.61. The minimum Gasteiger partial charge on any atom is -0.444 e. The SMILES string of the molecule is COC1CC2(CCN(C(=O)c3ccc4c(c3)C3(CN(C[C@@H](O)[C@@H]5Cc6ccccc6CN5C(=O)OC(C)(C)C)C4=O)CC(F)(F)C3)CC2)C1. The third-order valence-corrected chi connectivity index (χ3v) is 11.6. The van der Waals surface area contributed by atoms with E-state index in [0.717, 1.165) is 36.8 Å². The number of carbonyl (C=O) groups is 3. The van der Waals surface area contributed by atoms with Crippen molar-refractivity contribution in [2.75, 3.05) is 33.3 Å².